The Balaban J connectivity index is 1.05. The molecule has 0 saturated carbocycles. The zero-order valence-corrected chi connectivity index (χ0v) is 32.9. The number of aromatic nitrogens is 3. The number of benzene rings is 8. The molecule has 7 nitrogen and oxygen atoms in total. The highest BCUT2D eigenvalue weighted by molar-refractivity contribution is 7.21. The molecule has 11 aromatic rings. The molecule has 0 aliphatic carbocycles. The maximum atomic E-state index is 9.77. The summed E-state index contributed by atoms with van der Waals surface area (Å²) in [6.07, 6.45) is 0. The minimum atomic E-state index is 0.567. The van der Waals surface area contributed by atoms with E-state index in [4.69, 9.17) is 4.98 Å². The van der Waals surface area contributed by atoms with Crippen LogP contribution in [0.25, 0.3) is 98.0 Å². The lowest BCUT2D eigenvalue weighted by Gasteiger charge is -2.13. The average Bonchev–Trinajstić information content (AvgIpc) is 4.00. The van der Waals surface area contributed by atoms with Crippen molar-refractivity contribution >= 4 is 65.2 Å². The van der Waals surface area contributed by atoms with Crippen molar-refractivity contribution in [3.8, 4) is 68.5 Å². The monoisotopic (exact) mass is 793 g/mol. The number of hydrogen-bond donors (Lipinski definition) is 0. The van der Waals surface area contributed by atoms with E-state index < -0.39 is 0 Å². The van der Waals surface area contributed by atoms with Crippen LogP contribution >= 0.6 is 11.3 Å². The van der Waals surface area contributed by atoms with Gasteiger partial charge in [0.25, 0.3) is 0 Å². The number of para-hydroxylation sites is 1. The molecule has 0 saturated heterocycles. The molecule has 8 aromatic carbocycles. The van der Waals surface area contributed by atoms with Gasteiger partial charge in [0.05, 0.1) is 78.8 Å². The first-order valence-corrected chi connectivity index (χ1v) is 20.3. The fourth-order valence-electron chi connectivity index (χ4n) is 8.56. The summed E-state index contributed by atoms with van der Waals surface area (Å²) >= 11 is 1.67. The minimum Gasteiger partial charge on any atom is -0.309 e. The highest BCUT2D eigenvalue weighted by atomic mass is 32.1. The van der Waals surface area contributed by atoms with Crippen LogP contribution in [0.4, 0.5) is 0 Å². The van der Waals surface area contributed by atoms with E-state index in [0.29, 0.717) is 22.3 Å². The van der Waals surface area contributed by atoms with Gasteiger partial charge >= 0.3 is 0 Å². The highest BCUT2D eigenvalue weighted by Gasteiger charge is 2.17. The van der Waals surface area contributed by atoms with Crippen molar-refractivity contribution in [2.45, 2.75) is 0 Å². The largest absolute Gasteiger partial charge is 0.309 e. The molecule has 0 aliphatic heterocycles. The summed E-state index contributed by atoms with van der Waals surface area (Å²) < 4.78 is 5.37. The third kappa shape index (κ3) is 5.80. The number of rotatable bonds is 5. The van der Waals surface area contributed by atoms with Crippen molar-refractivity contribution in [2.24, 2.45) is 0 Å². The molecule has 0 amide bonds. The molecular formula is C53H27N7S. The number of nitrogens with zero attached hydrogens (tertiary/aromatic N) is 7. The van der Waals surface area contributed by atoms with Gasteiger partial charge in [-0.15, -0.1) is 11.3 Å². The molecule has 3 heterocycles. The normalized spacial score (nSPS) is 11.2. The summed E-state index contributed by atoms with van der Waals surface area (Å²) in [7, 11) is 0. The molecule has 0 radical (unpaired) electrons. The number of fused-ring (bicyclic) bond motifs is 7. The number of thiazole rings is 1. The van der Waals surface area contributed by atoms with Crippen molar-refractivity contribution in [1.82, 2.24) is 14.1 Å². The third-order valence-electron chi connectivity index (χ3n) is 11.4. The first-order valence-electron chi connectivity index (χ1n) is 19.5. The van der Waals surface area contributed by atoms with Crippen LogP contribution in [0.2, 0.25) is 0 Å². The Kier molecular flexibility index (Phi) is 8.09. The van der Waals surface area contributed by atoms with Gasteiger partial charge in [-0.3, -0.25) is 0 Å². The Morgan fingerprint density at radius 2 is 0.754 bits per heavy atom. The Hall–Kier alpha value is -8.79. The fraction of sp³-hybridized carbons (Fsp3) is 0. The standard InChI is InChI=1S/C53H27N7S/c54-28-32-5-17-43-44-18-6-33(29-55)22-49(44)59(48(43)21-32)41-13-9-36(10-14-41)38-25-39(27-40(26-38)53-58-47-3-1-2-4-52(47)61-53)37-11-15-42(16-12-37)60-50-23-34(30-56)7-19-45(50)46-20-8-35(31-57)24-51(46)60/h1-27H. The van der Waals surface area contributed by atoms with Crippen LogP contribution < -0.4 is 0 Å². The molecule has 0 spiro atoms. The van der Waals surface area contributed by atoms with Gasteiger partial charge in [0.1, 0.15) is 5.01 Å². The van der Waals surface area contributed by atoms with E-state index >= 15 is 0 Å². The summed E-state index contributed by atoms with van der Waals surface area (Å²) in [6.45, 7) is 0. The topological polar surface area (TPSA) is 118 Å². The van der Waals surface area contributed by atoms with E-state index in [1.165, 1.54) is 0 Å². The van der Waals surface area contributed by atoms with Crippen LogP contribution in [0.3, 0.4) is 0 Å². The molecule has 0 aliphatic rings. The minimum absolute atomic E-state index is 0.567. The van der Waals surface area contributed by atoms with Crippen molar-refractivity contribution in [3.05, 3.63) is 186 Å². The maximum absolute atomic E-state index is 9.77. The van der Waals surface area contributed by atoms with Crippen molar-refractivity contribution in [2.75, 3.05) is 0 Å². The summed E-state index contributed by atoms with van der Waals surface area (Å²) in [5, 5.41) is 44.1. The van der Waals surface area contributed by atoms with Gasteiger partial charge in [-0.2, -0.15) is 21.0 Å². The van der Waals surface area contributed by atoms with Crippen LogP contribution in [-0.4, -0.2) is 14.1 Å². The number of hydrogen-bond acceptors (Lipinski definition) is 6. The van der Waals surface area contributed by atoms with Crippen molar-refractivity contribution in [1.29, 1.82) is 21.0 Å². The molecule has 61 heavy (non-hydrogen) atoms. The fourth-order valence-corrected chi connectivity index (χ4v) is 9.51. The lowest BCUT2D eigenvalue weighted by Crippen LogP contribution is -1.95. The third-order valence-corrected chi connectivity index (χ3v) is 12.5. The van der Waals surface area contributed by atoms with E-state index in [9.17, 15) is 21.0 Å². The van der Waals surface area contributed by atoms with Crippen LogP contribution in [0.15, 0.2) is 164 Å². The van der Waals surface area contributed by atoms with E-state index in [2.05, 4.69) is 106 Å². The summed E-state index contributed by atoms with van der Waals surface area (Å²) in [4.78, 5) is 5.04. The Bertz CT molecular complexity index is 3410. The van der Waals surface area contributed by atoms with Crippen molar-refractivity contribution in [3.63, 3.8) is 0 Å². The zero-order chi connectivity index (χ0) is 41.2. The van der Waals surface area contributed by atoms with Gasteiger partial charge in [-0.25, -0.2) is 4.98 Å². The van der Waals surface area contributed by atoms with E-state index in [-0.39, 0.29) is 0 Å². The maximum Gasteiger partial charge on any atom is 0.124 e. The predicted molar refractivity (Wildman–Crippen MR) is 243 cm³/mol. The quantitative estimate of drug-likeness (QED) is 0.172. The lowest BCUT2D eigenvalue weighted by atomic mass is 9.96. The average molecular weight is 794 g/mol. The highest BCUT2D eigenvalue weighted by Crippen LogP contribution is 2.39. The van der Waals surface area contributed by atoms with Gasteiger partial charge in [-0.1, -0.05) is 60.7 Å². The lowest BCUT2D eigenvalue weighted by molar-refractivity contribution is 1.18. The van der Waals surface area contributed by atoms with Gasteiger partial charge in [-0.05, 0) is 125 Å². The Morgan fingerprint density at radius 3 is 1.13 bits per heavy atom. The molecule has 0 fully saturated rings. The van der Waals surface area contributed by atoms with Crippen LogP contribution in [0.5, 0.6) is 0 Å². The Morgan fingerprint density at radius 1 is 0.377 bits per heavy atom. The summed E-state index contributed by atoms with van der Waals surface area (Å²) in [6, 6.07) is 63.6. The molecule has 11 rings (SSSR count). The second-order valence-corrected chi connectivity index (χ2v) is 16.0. The number of nitriles is 4. The zero-order valence-electron chi connectivity index (χ0n) is 32.1. The summed E-state index contributed by atoms with van der Waals surface area (Å²) in [5.41, 5.74) is 13.8. The molecule has 0 bridgehead atoms. The second kappa shape index (κ2) is 13.9. The van der Waals surface area contributed by atoms with Crippen LogP contribution in [-0.2, 0) is 0 Å². The molecule has 280 valence electrons. The van der Waals surface area contributed by atoms with Gasteiger partial charge in [0.15, 0.2) is 0 Å². The van der Waals surface area contributed by atoms with Gasteiger partial charge in [0, 0.05) is 38.5 Å². The molecule has 8 heteroatoms. The first-order chi connectivity index (χ1) is 30.0. The van der Waals surface area contributed by atoms with Gasteiger partial charge in [0.2, 0.25) is 0 Å². The Labute approximate surface area is 353 Å². The molecule has 3 aromatic heterocycles. The van der Waals surface area contributed by atoms with E-state index in [1.807, 2.05) is 91.0 Å². The predicted octanol–water partition coefficient (Wildman–Crippen LogP) is 13.0. The van der Waals surface area contributed by atoms with Gasteiger partial charge < -0.3 is 9.13 Å². The molecule has 0 N–H and O–H groups in total. The smallest absolute Gasteiger partial charge is 0.124 e. The van der Waals surface area contributed by atoms with E-state index in [1.54, 1.807) is 11.3 Å². The molecule has 0 atom stereocenters. The SMILES string of the molecule is N#Cc1ccc2c3ccc(C#N)cc3n(-c3ccc(-c4cc(-c5ccc(-n6c7cc(C#N)ccc7c7ccc(C#N)cc76)cc5)cc(-c5nc6ccccc6s5)c4)cc3)c2c1. The molecule has 0 unspecified atom stereocenters. The summed E-state index contributed by atoms with van der Waals surface area (Å²) in [5.74, 6) is 0. The first kappa shape index (κ1) is 35.4. The van der Waals surface area contributed by atoms with E-state index in [0.717, 1.165) is 98.0 Å². The van der Waals surface area contributed by atoms with Crippen molar-refractivity contribution < 1.29 is 0 Å². The van der Waals surface area contributed by atoms with Crippen LogP contribution in [0.1, 0.15) is 22.3 Å². The van der Waals surface area contributed by atoms with Crippen LogP contribution in [0, 0.1) is 45.3 Å². The molecular weight excluding hydrogens is 767 g/mol. The second-order valence-electron chi connectivity index (χ2n) is 14.9.